The maximum atomic E-state index is 4.77. The van der Waals surface area contributed by atoms with Gasteiger partial charge in [0.25, 0.3) is 0 Å². The number of anilines is 1. The number of nitrogens with zero attached hydrogens (tertiary/aromatic N) is 3. The van der Waals surface area contributed by atoms with E-state index in [4.69, 9.17) is 4.98 Å². The van der Waals surface area contributed by atoms with Crippen LogP contribution in [0.2, 0.25) is 0 Å². The molecule has 0 N–H and O–H groups in total. The zero-order chi connectivity index (χ0) is 14.7. The smallest absolute Gasteiger partial charge is 0.128 e. The van der Waals surface area contributed by atoms with Gasteiger partial charge in [-0.25, -0.2) is 4.98 Å². The van der Waals surface area contributed by atoms with Gasteiger partial charge in [-0.15, -0.1) is 0 Å². The van der Waals surface area contributed by atoms with E-state index in [1.54, 1.807) is 0 Å². The van der Waals surface area contributed by atoms with E-state index in [1.807, 2.05) is 0 Å². The molecule has 3 nitrogen and oxygen atoms in total. The van der Waals surface area contributed by atoms with Crippen LogP contribution in [0.5, 0.6) is 0 Å². The molecule has 2 saturated heterocycles. The van der Waals surface area contributed by atoms with Crippen LogP contribution in [0.1, 0.15) is 64.0 Å². The van der Waals surface area contributed by atoms with Crippen LogP contribution in [0, 0.1) is 0 Å². The van der Waals surface area contributed by atoms with Gasteiger partial charge in [-0.3, -0.25) is 4.90 Å². The lowest BCUT2D eigenvalue weighted by Crippen LogP contribution is -2.38. The van der Waals surface area contributed by atoms with Crippen LogP contribution in [0.25, 0.3) is 0 Å². The molecular formula is C18H29N3. The van der Waals surface area contributed by atoms with Crippen LogP contribution in [0.4, 0.5) is 5.82 Å². The van der Waals surface area contributed by atoms with Gasteiger partial charge in [0.2, 0.25) is 0 Å². The molecule has 1 aromatic rings. The third-order valence-electron chi connectivity index (χ3n) is 5.04. The number of hydrogen-bond acceptors (Lipinski definition) is 3. The molecule has 1 atom stereocenters. The second-order valence-corrected chi connectivity index (χ2v) is 6.84. The Labute approximate surface area is 129 Å². The molecule has 0 amide bonds. The fraction of sp³-hybridized carbons (Fsp3) is 0.722. The summed E-state index contributed by atoms with van der Waals surface area (Å²) in [6, 6.07) is 5.76. The number of likely N-dealkylation sites (tertiary alicyclic amines) is 1. The fourth-order valence-electron chi connectivity index (χ4n) is 3.83. The molecule has 2 fully saturated rings. The Morgan fingerprint density at radius 2 is 1.76 bits per heavy atom. The molecule has 0 aliphatic carbocycles. The standard InChI is InChI=1S/C18H29N3/c1-15(2)21-13-7-4-8-17(21)16-9-10-18(19-14-16)20-11-5-3-6-12-20/h9-10,14-15,17H,3-8,11-13H2,1-2H3/t17-/m0/s1. The number of piperidine rings is 2. The average Bonchev–Trinajstić information content (AvgIpc) is 2.56. The quantitative estimate of drug-likeness (QED) is 0.837. The van der Waals surface area contributed by atoms with Crippen molar-refractivity contribution in [2.45, 2.75) is 64.5 Å². The number of rotatable bonds is 3. The van der Waals surface area contributed by atoms with Crippen molar-refractivity contribution in [3.8, 4) is 0 Å². The summed E-state index contributed by atoms with van der Waals surface area (Å²) in [5.41, 5.74) is 1.41. The maximum Gasteiger partial charge on any atom is 0.128 e. The molecule has 0 radical (unpaired) electrons. The van der Waals surface area contributed by atoms with Crippen molar-refractivity contribution in [2.24, 2.45) is 0 Å². The maximum absolute atomic E-state index is 4.77. The van der Waals surface area contributed by atoms with Crippen molar-refractivity contribution in [1.29, 1.82) is 0 Å². The number of pyridine rings is 1. The second-order valence-electron chi connectivity index (χ2n) is 6.84. The van der Waals surface area contributed by atoms with Crippen LogP contribution in [-0.4, -0.2) is 35.6 Å². The zero-order valence-corrected chi connectivity index (χ0v) is 13.6. The van der Waals surface area contributed by atoms with Crippen molar-refractivity contribution in [1.82, 2.24) is 9.88 Å². The van der Waals surface area contributed by atoms with E-state index in [2.05, 4.69) is 42.0 Å². The Balaban J connectivity index is 1.73. The molecular weight excluding hydrogens is 258 g/mol. The molecule has 1 aromatic heterocycles. The van der Waals surface area contributed by atoms with Crippen molar-refractivity contribution in [3.05, 3.63) is 23.9 Å². The topological polar surface area (TPSA) is 19.4 Å². The first-order valence-electron chi connectivity index (χ1n) is 8.72. The van der Waals surface area contributed by atoms with Gasteiger partial charge in [0.1, 0.15) is 5.82 Å². The molecule has 0 spiro atoms. The summed E-state index contributed by atoms with van der Waals surface area (Å²) in [5, 5.41) is 0. The van der Waals surface area contributed by atoms with Gasteiger partial charge < -0.3 is 4.90 Å². The average molecular weight is 287 g/mol. The Kier molecular flexibility index (Phi) is 4.79. The van der Waals surface area contributed by atoms with Crippen LogP contribution < -0.4 is 4.90 Å². The molecule has 2 aliphatic heterocycles. The van der Waals surface area contributed by atoms with Crippen molar-refractivity contribution < 1.29 is 0 Å². The monoisotopic (exact) mass is 287 g/mol. The second kappa shape index (κ2) is 6.78. The van der Waals surface area contributed by atoms with E-state index in [1.165, 1.54) is 69.5 Å². The van der Waals surface area contributed by atoms with Gasteiger partial charge in [0, 0.05) is 31.4 Å². The minimum atomic E-state index is 0.571. The third kappa shape index (κ3) is 3.39. The van der Waals surface area contributed by atoms with Crippen molar-refractivity contribution in [2.75, 3.05) is 24.5 Å². The van der Waals surface area contributed by atoms with E-state index >= 15 is 0 Å². The highest BCUT2D eigenvalue weighted by Crippen LogP contribution is 2.32. The highest BCUT2D eigenvalue weighted by Gasteiger charge is 2.26. The van der Waals surface area contributed by atoms with Gasteiger partial charge in [0.05, 0.1) is 0 Å². The Morgan fingerprint density at radius 1 is 1.00 bits per heavy atom. The van der Waals surface area contributed by atoms with Crippen LogP contribution >= 0.6 is 0 Å². The minimum absolute atomic E-state index is 0.571. The summed E-state index contributed by atoms with van der Waals surface area (Å²) in [5.74, 6) is 1.17. The molecule has 3 heteroatoms. The molecule has 21 heavy (non-hydrogen) atoms. The van der Waals surface area contributed by atoms with Crippen LogP contribution in [0.3, 0.4) is 0 Å². The van der Waals surface area contributed by atoms with E-state index in [0.29, 0.717) is 12.1 Å². The molecule has 3 rings (SSSR count). The van der Waals surface area contributed by atoms with Gasteiger partial charge >= 0.3 is 0 Å². The first-order chi connectivity index (χ1) is 10.3. The first-order valence-corrected chi connectivity index (χ1v) is 8.72. The van der Waals surface area contributed by atoms with Gasteiger partial charge in [-0.05, 0) is 64.1 Å². The molecule has 3 heterocycles. The molecule has 0 bridgehead atoms. The van der Waals surface area contributed by atoms with Crippen LogP contribution in [-0.2, 0) is 0 Å². The normalized spacial score (nSPS) is 24.5. The van der Waals surface area contributed by atoms with Gasteiger partial charge in [-0.1, -0.05) is 12.5 Å². The van der Waals surface area contributed by atoms with Crippen molar-refractivity contribution in [3.63, 3.8) is 0 Å². The van der Waals surface area contributed by atoms with E-state index in [0.717, 1.165) is 0 Å². The van der Waals surface area contributed by atoms with Crippen molar-refractivity contribution >= 4 is 5.82 Å². The number of aromatic nitrogens is 1. The first kappa shape index (κ1) is 14.8. The van der Waals surface area contributed by atoms with E-state index in [-0.39, 0.29) is 0 Å². The summed E-state index contributed by atoms with van der Waals surface area (Å²) in [4.78, 5) is 9.85. The Morgan fingerprint density at radius 3 is 2.43 bits per heavy atom. The lowest BCUT2D eigenvalue weighted by molar-refractivity contribution is 0.112. The van der Waals surface area contributed by atoms with E-state index < -0.39 is 0 Å². The SMILES string of the molecule is CC(C)N1CCCC[C@H]1c1ccc(N2CCCCC2)nc1. The fourth-order valence-corrected chi connectivity index (χ4v) is 3.83. The highest BCUT2D eigenvalue weighted by molar-refractivity contribution is 5.40. The van der Waals surface area contributed by atoms with Crippen LogP contribution in [0.15, 0.2) is 18.3 Å². The molecule has 2 aliphatic rings. The largest absolute Gasteiger partial charge is 0.357 e. The zero-order valence-electron chi connectivity index (χ0n) is 13.6. The summed E-state index contributed by atoms with van der Waals surface area (Å²) in [6.07, 6.45) is 10.1. The predicted molar refractivity (Wildman–Crippen MR) is 88.7 cm³/mol. The summed E-state index contributed by atoms with van der Waals surface area (Å²) in [7, 11) is 0. The predicted octanol–water partition coefficient (Wildman–Crippen LogP) is 4.01. The lowest BCUT2D eigenvalue weighted by atomic mass is 9.95. The molecule has 0 aromatic carbocycles. The van der Waals surface area contributed by atoms with E-state index in [9.17, 15) is 0 Å². The summed E-state index contributed by atoms with van der Waals surface area (Å²) in [6.45, 7) is 8.21. The molecule has 0 saturated carbocycles. The minimum Gasteiger partial charge on any atom is -0.357 e. The summed E-state index contributed by atoms with van der Waals surface area (Å²) < 4.78 is 0. The van der Waals surface area contributed by atoms with Gasteiger partial charge in [-0.2, -0.15) is 0 Å². The molecule has 116 valence electrons. The molecule has 0 unspecified atom stereocenters. The number of hydrogen-bond donors (Lipinski definition) is 0. The lowest BCUT2D eigenvalue weighted by Gasteiger charge is -2.39. The third-order valence-corrected chi connectivity index (χ3v) is 5.04. The van der Waals surface area contributed by atoms with Gasteiger partial charge in [0.15, 0.2) is 0 Å². The Hall–Kier alpha value is -1.09. The highest BCUT2D eigenvalue weighted by atomic mass is 15.2. The Bertz CT molecular complexity index is 434. The summed E-state index contributed by atoms with van der Waals surface area (Å²) >= 11 is 0.